The Morgan fingerprint density at radius 1 is 1.24 bits per heavy atom. The molecule has 0 aliphatic heterocycles. The van der Waals surface area contributed by atoms with Gasteiger partial charge in [-0.25, -0.2) is 9.78 Å². The molecule has 0 unspecified atom stereocenters. The van der Waals surface area contributed by atoms with E-state index in [0.29, 0.717) is 28.8 Å². The molecular formula is C17H17ClN2O4S. The van der Waals surface area contributed by atoms with E-state index >= 15 is 0 Å². The van der Waals surface area contributed by atoms with Crippen LogP contribution in [-0.2, 0) is 14.3 Å². The van der Waals surface area contributed by atoms with E-state index in [9.17, 15) is 9.59 Å². The Morgan fingerprint density at radius 3 is 2.72 bits per heavy atom. The van der Waals surface area contributed by atoms with Crippen LogP contribution in [0.5, 0.6) is 0 Å². The van der Waals surface area contributed by atoms with Gasteiger partial charge in [0.05, 0.1) is 12.2 Å². The normalized spacial score (nSPS) is 10.3. The Bertz CT molecular complexity index is 725. The molecule has 1 aromatic carbocycles. The van der Waals surface area contributed by atoms with Crippen LogP contribution in [0.4, 0.5) is 0 Å². The van der Waals surface area contributed by atoms with Gasteiger partial charge in [0.2, 0.25) is 0 Å². The molecule has 0 aliphatic carbocycles. The van der Waals surface area contributed by atoms with Crippen molar-refractivity contribution in [2.75, 3.05) is 26.9 Å². The number of carbonyl (C=O) groups excluding carboxylic acids is 2. The molecular weight excluding hydrogens is 364 g/mol. The zero-order chi connectivity index (χ0) is 18.1. The van der Waals surface area contributed by atoms with Crippen molar-refractivity contribution in [3.63, 3.8) is 0 Å². The van der Waals surface area contributed by atoms with Gasteiger partial charge in [-0.15, -0.1) is 0 Å². The number of pyridine rings is 1. The summed E-state index contributed by atoms with van der Waals surface area (Å²) in [4.78, 5) is 28.9. The first-order chi connectivity index (χ1) is 12.1. The lowest BCUT2D eigenvalue weighted by atomic mass is 10.3. The number of nitrogens with one attached hydrogen (secondary N) is 1. The molecule has 0 bridgehead atoms. The van der Waals surface area contributed by atoms with Crippen LogP contribution in [0.15, 0.2) is 52.5 Å². The third kappa shape index (κ3) is 6.38. The van der Waals surface area contributed by atoms with E-state index in [1.54, 1.807) is 30.5 Å². The van der Waals surface area contributed by atoms with Gasteiger partial charge in [-0.05, 0) is 36.4 Å². The molecule has 0 atom stereocenters. The van der Waals surface area contributed by atoms with E-state index in [-0.39, 0.29) is 12.5 Å². The van der Waals surface area contributed by atoms with Gasteiger partial charge < -0.3 is 14.8 Å². The molecule has 0 saturated heterocycles. The Hall–Kier alpha value is -2.09. The fourth-order valence-electron chi connectivity index (χ4n) is 1.79. The highest BCUT2D eigenvalue weighted by atomic mass is 35.5. The van der Waals surface area contributed by atoms with Crippen LogP contribution in [0.2, 0.25) is 5.02 Å². The molecule has 132 valence electrons. The van der Waals surface area contributed by atoms with Crippen LogP contribution in [-0.4, -0.2) is 43.7 Å². The first kappa shape index (κ1) is 19.2. The maximum absolute atomic E-state index is 12.2. The van der Waals surface area contributed by atoms with Gasteiger partial charge in [-0.2, -0.15) is 0 Å². The molecule has 0 fully saturated rings. The topological polar surface area (TPSA) is 77.5 Å². The summed E-state index contributed by atoms with van der Waals surface area (Å²) in [7, 11) is 1.54. The second-order valence-electron chi connectivity index (χ2n) is 4.83. The van der Waals surface area contributed by atoms with E-state index in [0.717, 1.165) is 4.90 Å². The zero-order valence-electron chi connectivity index (χ0n) is 13.5. The van der Waals surface area contributed by atoms with Gasteiger partial charge in [-0.1, -0.05) is 23.4 Å². The van der Waals surface area contributed by atoms with E-state index in [1.165, 1.54) is 18.9 Å². The molecule has 0 radical (unpaired) electrons. The van der Waals surface area contributed by atoms with Crippen LogP contribution in [0.25, 0.3) is 0 Å². The smallest absolute Gasteiger partial charge is 0.341 e. The van der Waals surface area contributed by atoms with Crippen molar-refractivity contribution in [2.45, 2.75) is 9.92 Å². The lowest BCUT2D eigenvalue weighted by Gasteiger charge is -2.09. The van der Waals surface area contributed by atoms with Gasteiger partial charge in [0.1, 0.15) is 5.03 Å². The molecule has 8 heteroatoms. The van der Waals surface area contributed by atoms with Crippen molar-refractivity contribution in [1.82, 2.24) is 10.3 Å². The first-order valence-electron chi connectivity index (χ1n) is 7.41. The molecule has 2 rings (SSSR count). The number of amides is 1. The number of nitrogens with zero attached hydrogens (tertiary/aromatic N) is 1. The number of carbonyl (C=O) groups is 2. The maximum atomic E-state index is 12.2. The second kappa shape index (κ2) is 10.0. The molecule has 2 aromatic rings. The number of benzene rings is 1. The van der Waals surface area contributed by atoms with Crippen LogP contribution < -0.4 is 5.32 Å². The van der Waals surface area contributed by atoms with E-state index in [2.05, 4.69) is 10.3 Å². The van der Waals surface area contributed by atoms with Gasteiger partial charge in [0.15, 0.2) is 6.61 Å². The average Bonchev–Trinajstić information content (AvgIpc) is 2.62. The fraction of sp³-hybridized carbons (Fsp3) is 0.235. The van der Waals surface area contributed by atoms with Gasteiger partial charge in [0.25, 0.3) is 5.91 Å². The highest BCUT2D eigenvalue weighted by Crippen LogP contribution is 2.29. The minimum absolute atomic E-state index is 0.298. The number of ether oxygens (including phenoxy) is 2. The number of aromatic nitrogens is 1. The number of hydrogen-bond donors (Lipinski definition) is 1. The lowest BCUT2D eigenvalue weighted by Crippen LogP contribution is -2.31. The quantitative estimate of drug-likeness (QED) is 0.560. The summed E-state index contributed by atoms with van der Waals surface area (Å²) >= 11 is 7.18. The monoisotopic (exact) mass is 380 g/mol. The Labute approximate surface area is 154 Å². The highest BCUT2D eigenvalue weighted by molar-refractivity contribution is 7.99. The number of rotatable bonds is 8. The van der Waals surface area contributed by atoms with Gasteiger partial charge >= 0.3 is 5.97 Å². The van der Waals surface area contributed by atoms with Crippen molar-refractivity contribution >= 4 is 35.2 Å². The van der Waals surface area contributed by atoms with Crippen molar-refractivity contribution < 1.29 is 19.1 Å². The Balaban J connectivity index is 1.98. The molecule has 1 heterocycles. The third-order valence-electron chi connectivity index (χ3n) is 2.98. The van der Waals surface area contributed by atoms with Crippen LogP contribution in [0, 0.1) is 0 Å². The standard InChI is InChI=1S/C17H17ClN2O4S/c1-23-10-9-19-15(21)11-24-17(22)14-3-2-8-20-16(14)25-13-6-4-12(18)5-7-13/h2-8H,9-11H2,1H3,(H,19,21). The Morgan fingerprint density at radius 2 is 2.00 bits per heavy atom. The van der Waals surface area contributed by atoms with E-state index in [4.69, 9.17) is 21.1 Å². The van der Waals surface area contributed by atoms with E-state index < -0.39 is 5.97 Å². The Kier molecular flexibility index (Phi) is 7.72. The average molecular weight is 381 g/mol. The summed E-state index contributed by atoms with van der Waals surface area (Å²) < 4.78 is 9.88. The lowest BCUT2D eigenvalue weighted by molar-refractivity contribution is -0.124. The van der Waals surface area contributed by atoms with E-state index in [1.807, 2.05) is 12.1 Å². The summed E-state index contributed by atoms with van der Waals surface area (Å²) in [6.07, 6.45) is 1.59. The maximum Gasteiger partial charge on any atom is 0.341 e. The van der Waals surface area contributed by atoms with Crippen LogP contribution in [0.3, 0.4) is 0 Å². The zero-order valence-corrected chi connectivity index (χ0v) is 15.1. The number of esters is 1. The van der Waals surface area contributed by atoms with Gasteiger partial charge in [-0.3, -0.25) is 4.79 Å². The van der Waals surface area contributed by atoms with Crippen molar-refractivity contribution in [3.05, 3.63) is 53.2 Å². The molecule has 1 N–H and O–H groups in total. The molecule has 6 nitrogen and oxygen atoms in total. The predicted octanol–water partition coefficient (Wildman–Crippen LogP) is 2.81. The molecule has 0 spiro atoms. The first-order valence-corrected chi connectivity index (χ1v) is 8.61. The predicted molar refractivity (Wildman–Crippen MR) is 95.0 cm³/mol. The number of halogens is 1. The number of hydrogen-bond acceptors (Lipinski definition) is 6. The van der Waals surface area contributed by atoms with Crippen molar-refractivity contribution in [2.24, 2.45) is 0 Å². The molecule has 25 heavy (non-hydrogen) atoms. The molecule has 1 aromatic heterocycles. The molecule has 0 saturated carbocycles. The fourth-order valence-corrected chi connectivity index (χ4v) is 2.79. The largest absolute Gasteiger partial charge is 0.452 e. The second-order valence-corrected chi connectivity index (χ2v) is 6.33. The number of methoxy groups -OCH3 is 1. The summed E-state index contributed by atoms with van der Waals surface area (Å²) in [5.74, 6) is -0.993. The minimum Gasteiger partial charge on any atom is -0.452 e. The highest BCUT2D eigenvalue weighted by Gasteiger charge is 2.16. The van der Waals surface area contributed by atoms with Crippen LogP contribution >= 0.6 is 23.4 Å². The van der Waals surface area contributed by atoms with Crippen LogP contribution in [0.1, 0.15) is 10.4 Å². The summed E-state index contributed by atoms with van der Waals surface area (Å²) in [5, 5.41) is 3.70. The third-order valence-corrected chi connectivity index (χ3v) is 4.26. The summed E-state index contributed by atoms with van der Waals surface area (Å²) in [5.41, 5.74) is 0.298. The minimum atomic E-state index is -0.605. The van der Waals surface area contributed by atoms with Crippen molar-refractivity contribution in [3.8, 4) is 0 Å². The SMILES string of the molecule is COCCNC(=O)COC(=O)c1cccnc1Sc1ccc(Cl)cc1. The molecule has 1 amide bonds. The summed E-state index contributed by atoms with van der Waals surface area (Å²) in [6.45, 7) is 0.393. The molecule has 0 aliphatic rings. The summed E-state index contributed by atoms with van der Waals surface area (Å²) in [6, 6.07) is 10.4. The van der Waals surface area contributed by atoms with Crippen molar-refractivity contribution in [1.29, 1.82) is 0 Å². The van der Waals surface area contributed by atoms with Gasteiger partial charge in [0, 0.05) is 29.8 Å².